The van der Waals surface area contributed by atoms with E-state index in [9.17, 15) is 19.1 Å². The number of hydrogen-bond acceptors (Lipinski definition) is 4. The Morgan fingerprint density at radius 3 is 2.68 bits per heavy atom. The molecule has 1 aliphatic heterocycles. The number of phenols is 1. The Kier molecular flexibility index (Phi) is 5.17. The Bertz CT molecular complexity index is 899. The van der Waals surface area contributed by atoms with Crippen molar-refractivity contribution in [2.24, 2.45) is 0 Å². The number of benzene rings is 2. The molecule has 0 spiro atoms. The van der Waals surface area contributed by atoms with Crippen LogP contribution in [0.15, 0.2) is 45.8 Å². The van der Waals surface area contributed by atoms with Gasteiger partial charge in [-0.25, -0.2) is 4.39 Å². The number of halogens is 3. The van der Waals surface area contributed by atoms with Crippen LogP contribution in [0, 0.1) is 5.82 Å². The third-order valence-corrected chi connectivity index (χ3v) is 5.17. The van der Waals surface area contributed by atoms with Crippen molar-refractivity contribution in [2.75, 3.05) is 0 Å². The molecule has 2 aromatic carbocycles. The summed E-state index contributed by atoms with van der Waals surface area (Å²) in [6.45, 7) is -0.0568. The van der Waals surface area contributed by atoms with Gasteiger partial charge < -0.3 is 5.11 Å². The fourth-order valence-corrected chi connectivity index (χ4v) is 3.76. The summed E-state index contributed by atoms with van der Waals surface area (Å²) in [6.07, 6.45) is 1.56. The highest BCUT2D eigenvalue weighted by atomic mass is 79.9. The molecule has 3 rings (SSSR count). The second-order valence-electron chi connectivity index (χ2n) is 5.26. The first-order chi connectivity index (χ1) is 11.8. The van der Waals surface area contributed by atoms with Crippen LogP contribution < -0.4 is 0 Å². The van der Waals surface area contributed by atoms with Gasteiger partial charge >= 0.3 is 0 Å². The molecule has 2 aromatic rings. The minimum absolute atomic E-state index is 0.0568. The fourth-order valence-electron chi connectivity index (χ4n) is 2.29. The third kappa shape index (κ3) is 4.05. The topological polar surface area (TPSA) is 57.6 Å². The number of carbonyl (C=O) groups is 2. The van der Waals surface area contributed by atoms with Crippen LogP contribution in [0.2, 0.25) is 5.02 Å². The SMILES string of the molecule is O=C1SC(=Cc2ccc(O)c(Br)c2)C(=O)N1Cc1cc(F)cc(Cl)c1. The van der Waals surface area contributed by atoms with Gasteiger partial charge in [-0.3, -0.25) is 14.5 Å². The van der Waals surface area contributed by atoms with Crippen LogP contribution in [0.3, 0.4) is 0 Å². The average Bonchev–Trinajstić information content (AvgIpc) is 2.78. The smallest absolute Gasteiger partial charge is 0.293 e. The van der Waals surface area contributed by atoms with E-state index in [0.717, 1.165) is 22.7 Å². The number of nitrogens with zero attached hydrogens (tertiary/aromatic N) is 1. The molecule has 0 radical (unpaired) electrons. The molecule has 4 nitrogen and oxygen atoms in total. The molecular formula is C17H10BrClFNO3S. The van der Waals surface area contributed by atoms with Gasteiger partial charge in [0.1, 0.15) is 11.6 Å². The lowest BCUT2D eigenvalue weighted by Gasteiger charge is -2.12. The predicted octanol–water partition coefficient (Wildman–Crippen LogP) is 5.18. The number of carbonyl (C=O) groups excluding carboxylic acids is 2. The van der Waals surface area contributed by atoms with Gasteiger partial charge in [0.05, 0.1) is 15.9 Å². The Balaban J connectivity index is 1.84. The molecule has 0 atom stereocenters. The quantitative estimate of drug-likeness (QED) is 0.665. The first-order valence-electron chi connectivity index (χ1n) is 7.02. The summed E-state index contributed by atoms with van der Waals surface area (Å²) >= 11 is 9.81. The molecule has 0 aromatic heterocycles. The minimum Gasteiger partial charge on any atom is -0.507 e. The van der Waals surface area contributed by atoms with Crippen LogP contribution in [-0.2, 0) is 11.3 Å². The van der Waals surface area contributed by atoms with Crippen LogP contribution in [0.1, 0.15) is 11.1 Å². The van der Waals surface area contributed by atoms with Crippen molar-refractivity contribution in [3.05, 3.63) is 67.7 Å². The highest BCUT2D eigenvalue weighted by Crippen LogP contribution is 2.34. The first-order valence-corrected chi connectivity index (χ1v) is 9.01. The van der Waals surface area contributed by atoms with Crippen LogP contribution in [-0.4, -0.2) is 21.2 Å². The second-order valence-corrected chi connectivity index (χ2v) is 7.54. The van der Waals surface area contributed by atoms with E-state index < -0.39 is 17.0 Å². The Hall–Kier alpha value is -1.83. The second kappa shape index (κ2) is 7.19. The van der Waals surface area contributed by atoms with E-state index >= 15 is 0 Å². The van der Waals surface area contributed by atoms with Crippen molar-refractivity contribution in [1.82, 2.24) is 4.90 Å². The zero-order valence-electron chi connectivity index (χ0n) is 12.5. The van der Waals surface area contributed by atoms with Crippen molar-refractivity contribution >= 4 is 56.5 Å². The van der Waals surface area contributed by atoms with Crippen molar-refractivity contribution in [3.63, 3.8) is 0 Å². The number of aromatic hydroxyl groups is 1. The molecule has 2 amide bonds. The third-order valence-electron chi connectivity index (χ3n) is 3.41. The molecule has 128 valence electrons. The van der Waals surface area contributed by atoms with Gasteiger partial charge in [-0.15, -0.1) is 0 Å². The van der Waals surface area contributed by atoms with Crippen molar-refractivity contribution in [3.8, 4) is 5.75 Å². The van der Waals surface area contributed by atoms with Gasteiger partial charge in [0, 0.05) is 5.02 Å². The minimum atomic E-state index is -0.529. The molecule has 0 saturated carbocycles. The normalized spacial score (nSPS) is 16.1. The average molecular weight is 443 g/mol. The molecule has 1 aliphatic rings. The van der Waals surface area contributed by atoms with Crippen molar-refractivity contribution in [1.29, 1.82) is 0 Å². The number of phenolic OH excluding ortho intramolecular Hbond substituents is 1. The number of thioether (sulfide) groups is 1. The van der Waals surface area contributed by atoms with Crippen LogP contribution >= 0.6 is 39.3 Å². The maximum atomic E-state index is 13.4. The van der Waals surface area contributed by atoms with Gasteiger partial charge in [0.25, 0.3) is 11.1 Å². The van der Waals surface area contributed by atoms with E-state index in [2.05, 4.69) is 15.9 Å². The Labute approximate surface area is 160 Å². The summed E-state index contributed by atoms with van der Waals surface area (Å²) in [5.74, 6) is -0.910. The van der Waals surface area contributed by atoms with E-state index in [-0.39, 0.29) is 22.2 Å². The summed E-state index contributed by atoms with van der Waals surface area (Å²) in [4.78, 5) is 25.9. The van der Waals surface area contributed by atoms with Crippen LogP contribution in [0.4, 0.5) is 9.18 Å². The summed E-state index contributed by atoms with van der Waals surface area (Å²) in [6, 6.07) is 8.64. The number of rotatable bonds is 3. The molecule has 0 bridgehead atoms. The predicted molar refractivity (Wildman–Crippen MR) is 98.7 cm³/mol. The summed E-state index contributed by atoms with van der Waals surface area (Å²) in [7, 11) is 0. The molecular weight excluding hydrogens is 433 g/mol. The summed E-state index contributed by atoms with van der Waals surface area (Å²) in [5.41, 5.74) is 1.09. The summed E-state index contributed by atoms with van der Waals surface area (Å²) < 4.78 is 13.9. The molecule has 8 heteroatoms. The fraction of sp³-hybridized carbons (Fsp3) is 0.0588. The number of imide groups is 1. The lowest BCUT2D eigenvalue weighted by molar-refractivity contribution is -0.123. The molecule has 1 fully saturated rings. The Morgan fingerprint density at radius 1 is 1.24 bits per heavy atom. The Morgan fingerprint density at radius 2 is 2.00 bits per heavy atom. The van der Waals surface area contributed by atoms with Gasteiger partial charge in [0.15, 0.2) is 0 Å². The molecule has 0 aliphatic carbocycles. The summed E-state index contributed by atoms with van der Waals surface area (Å²) in [5, 5.41) is 9.27. The highest BCUT2D eigenvalue weighted by molar-refractivity contribution is 9.10. The van der Waals surface area contributed by atoms with Crippen molar-refractivity contribution < 1.29 is 19.1 Å². The molecule has 1 N–H and O–H groups in total. The van der Waals surface area contributed by atoms with Gasteiger partial charge in [-0.2, -0.15) is 0 Å². The first kappa shape index (κ1) is 18.0. The van der Waals surface area contributed by atoms with Crippen molar-refractivity contribution in [2.45, 2.75) is 6.54 Å². The van der Waals surface area contributed by atoms with Gasteiger partial charge in [-0.05, 0) is 75.2 Å². The van der Waals surface area contributed by atoms with E-state index in [0.29, 0.717) is 15.6 Å². The molecule has 0 unspecified atom stereocenters. The van der Waals surface area contributed by atoms with Gasteiger partial charge in [0.2, 0.25) is 0 Å². The molecule has 1 saturated heterocycles. The zero-order chi connectivity index (χ0) is 18.1. The van der Waals surface area contributed by atoms with E-state index in [1.807, 2.05) is 0 Å². The highest BCUT2D eigenvalue weighted by Gasteiger charge is 2.35. The maximum Gasteiger partial charge on any atom is 0.293 e. The van der Waals surface area contributed by atoms with Gasteiger partial charge in [-0.1, -0.05) is 17.7 Å². The van der Waals surface area contributed by atoms with E-state index in [4.69, 9.17) is 11.6 Å². The number of amides is 2. The monoisotopic (exact) mass is 441 g/mol. The van der Waals surface area contributed by atoms with Crippen LogP contribution in [0.25, 0.3) is 6.08 Å². The zero-order valence-corrected chi connectivity index (χ0v) is 15.7. The standard InChI is InChI=1S/C17H10BrClFNO3S/c18-13-5-9(1-2-14(13)22)6-15-16(23)21(17(24)25-15)8-10-3-11(19)7-12(20)4-10/h1-7,22H,8H2. The molecule has 25 heavy (non-hydrogen) atoms. The number of hydrogen-bond donors (Lipinski definition) is 1. The largest absolute Gasteiger partial charge is 0.507 e. The molecule has 1 heterocycles. The lowest BCUT2D eigenvalue weighted by atomic mass is 10.2. The maximum absolute atomic E-state index is 13.4. The van der Waals surface area contributed by atoms with Crippen LogP contribution in [0.5, 0.6) is 5.75 Å². The van der Waals surface area contributed by atoms with E-state index in [1.54, 1.807) is 18.2 Å². The lowest BCUT2D eigenvalue weighted by Crippen LogP contribution is -2.27. The van der Waals surface area contributed by atoms with E-state index in [1.165, 1.54) is 18.2 Å².